The molecule has 2 rings (SSSR count). The minimum Gasteiger partial charge on any atom is -0.375 e. The number of ether oxygens (including phenoxy) is 1. The molecule has 0 spiro atoms. The predicted molar refractivity (Wildman–Crippen MR) is 71.7 cm³/mol. The van der Waals surface area contributed by atoms with Gasteiger partial charge in [-0.15, -0.1) is 0 Å². The Morgan fingerprint density at radius 2 is 2.06 bits per heavy atom. The zero-order chi connectivity index (χ0) is 12.8. The van der Waals surface area contributed by atoms with Gasteiger partial charge >= 0.3 is 0 Å². The lowest BCUT2D eigenvalue weighted by molar-refractivity contribution is 0.114. The van der Waals surface area contributed by atoms with Gasteiger partial charge in [-0.25, -0.2) is 4.98 Å². The molecule has 94 valence electrons. The molecule has 0 aliphatic carbocycles. The molecule has 0 fully saturated rings. The molecule has 2 aromatic rings. The van der Waals surface area contributed by atoms with Crippen LogP contribution in [0, 0.1) is 0 Å². The minimum atomic E-state index is -0.0352. The lowest BCUT2D eigenvalue weighted by atomic mass is 10.1. The van der Waals surface area contributed by atoms with Gasteiger partial charge in [0.25, 0.3) is 0 Å². The van der Waals surface area contributed by atoms with Crippen molar-refractivity contribution in [1.82, 2.24) is 9.97 Å². The molecule has 0 aliphatic rings. The van der Waals surface area contributed by atoms with Crippen molar-refractivity contribution in [2.24, 2.45) is 0 Å². The van der Waals surface area contributed by atoms with Crippen LogP contribution < -0.4 is 5.32 Å². The van der Waals surface area contributed by atoms with E-state index in [1.54, 1.807) is 13.3 Å². The van der Waals surface area contributed by atoms with Gasteiger partial charge < -0.3 is 10.1 Å². The fraction of sp³-hybridized carbons (Fsp3) is 0.231. The second kappa shape index (κ2) is 6.33. The molecule has 4 nitrogen and oxygen atoms in total. The van der Waals surface area contributed by atoms with Crippen LogP contribution in [-0.2, 0) is 4.74 Å². The maximum Gasteiger partial charge on any atom is 0.149 e. The topological polar surface area (TPSA) is 47.0 Å². The van der Waals surface area contributed by atoms with E-state index in [1.165, 1.54) is 6.20 Å². The molecule has 18 heavy (non-hydrogen) atoms. The van der Waals surface area contributed by atoms with E-state index >= 15 is 0 Å². The van der Waals surface area contributed by atoms with Gasteiger partial charge in [0.2, 0.25) is 0 Å². The first-order chi connectivity index (χ1) is 8.79. The summed E-state index contributed by atoms with van der Waals surface area (Å²) in [6.07, 6.45) is 3.09. The number of anilines is 1. The Kier molecular flexibility index (Phi) is 4.50. The number of hydrogen-bond donors (Lipinski definition) is 1. The van der Waals surface area contributed by atoms with Crippen LogP contribution in [0.3, 0.4) is 0 Å². The molecule has 0 radical (unpaired) electrons. The monoisotopic (exact) mass is 263 g/mol. The smallest absolute Gasteiger partial charge is 0.149 e. The van der Waals surface area contributed by atoms with Crippen LogP contribution >= 0.6 is 11.6 Å². The van der Waals surface area contributed by atoms with Gasteiger partial charge in [0.1, 0.15) is 11.0 Å². The highest BCUT2D eigenvalue weighted by Crippen LogP contribution is 2.17. The summed E-state index contributed by atoms with van der Waals surface area (Å²) in [5, 5.41) is 3.52. The van der Waals surface area contributed by atoms with E-state index in [9.17, 15) is 0 Å². The molecule has 0 saturated heterocycles. The summed E-state index contributed by atoms with van der Waals surface area (Å²) in [6.45, 7) is 0.607. The first-order valence-corrected chi connectivity index (χ1v) is 5.96. The Hall–Kier alpha value is -1.65. The lowest BCUT2D eigenvalue weighted by Gasteiger charge is -2.16. The van der Waals surface area contributed by atoms with Crippen molar-refractivity contribution in [3.8, 4) is 0 Å². The third-order valence-electron chi connectivity index (χ3n) is 2.53. The number of hydrogen-bond acceptors (Lipinski definition) is 4. The van der Waals surface area contributed by atoms with Crippen molar-refractivity contribution in [2.45, 2.75) is 6.10 Å². The summed E-state index contributed by atoms with van der Waals surface area (Å²) in [5.41, 5.74) is 1.11. The van der Waals surface area contributed by atoms with Gasteiger partial charge in [-0.05, 0) is 5.56 Å². The number of benzene rings is 1. The number of aromatic nitrogens is 2. The molecule has 5 heteroatoms. The molecule has 0 bridgehead atoms. The fourth-order valence-electron chi connectivity index (χ4n) is 1.63. The standard InChI is InChI=1S/C13H14ClN3O/c1-18-11(10-5-3-2-4-6-10)7-16-13-9-15-8-12(14)17-13/h2-6,8-9,11H,7H2,1H3,(H,16,17)/t11-/m1/s1. The number of rotatable bonds is 5. The number of nitrogens with zero attached hydrogens (tertiary/aromatic N) is 2. The first kappa shape index (κ1) is 12.8. The summed E-state index contributed by atoms with van der Waals surface area (Å²) < 4.78 is 5.44. The van der Waals surface area contributed by atoms with Crippen LogP contribution in [0.4, 0.5) is 5.82 Å². The maximum absolute atomic E-state index is 5.77. The zero-order valence-corrected chi connectivity index (χ0v) is 10.8. The van der Waals surface area contributed by atoms with Gasteiger partial charge in [0, 0.05) is 13.7 Å². The Balaban J connectivity index is 2.00. The molecular weight excluding hydrogens is 250 g/mol. The van der Waals surface area contributed by atoms with Gasteiger partial charge in [-0.2, -0.15) is 0 Å². The molecule has 1 atom stereocenters. The number of nitrogens with one attached hydrogen (secondary N) is 1. The molecule has 0 saturated carbocycles. The molecule has 0 unspecified atom stereocenters. The molecule has 1 aromatic carbocycles. The summed E-state index contributed by atoms with van der Waals surface area (Å²) >= 11 is 5.77. The van der Waals surface area contributed by atoms with Crippen molar-refractivity contribution in [1.29, 1.82) is 0 Å². The summed E-state index contributed by atoms with van der Waals surface area (Å²) in [4.78, 5) is 8.07. The Labute approximate surface area is 111 Å². The maximum atomic E-state index is 5.77. The van der Waals surface area contributed by atoms with E-state index in [4.69, 9.17) is 16.3 Å². The average Bonchev–Trinajstić information content (AvgIpc) is 2.41. The van der Waals surface area contributed by atoms with Crippen molar-refractivity contribution < 1.29 is 4.74 Å². The zero-order valence-electron chi connectivity index (χ0n) is 10.0. The van der Waals surface area contributed by atoms with Gasteiger partial charge in [0.15, 0.2) is 0 Å². The molecule has 1 N–H and O–H groups in total. The van der Waals surface area contributed by atoms with Gasteiger partial charge in [0.05, 0.1) is 18.5 Å². The third-order valence-corrected chi connectivity index (χ3v) is 2.71. The van der Waals surface area contributed by atoms with Crippen LogP contribution in [0.1, 0.15) is 11.7 Å². The number of methoxy groups -OCH3 is 1. The van der Waals surface area contributed by atoms with Crippen molar-refractivity contribution >= 4 is 17.4 Å². The normalized spacial score (nSPS) is 12.1. The second-order valence-electron chi connectivity index (χ2n) is 3.74. The van der Waals surface area contributed by atoms with E-state index in [0.29, 0.717) is 17.5 Å². The van der Waals surface area contributed by atoms with Crippen LogP contribution in [0.15, 0.2) is 42.7 Å². The SMILES string of the molecule is CO[C@H](CNc1cncc(Cl)n1)c1ccccc1. The Morgan fingerprint density at radius 3 is 2.72 bits per heavy atom. The minimum absolute atomic E-state index is 0.0352. The van der Waals surface area contributed by atoms with Gasteiger partial charge in [-0.3, -0.25) is 4.98 Å². The van der Waals surface area contributed by atoms with Crippen LogP contribution in [0.5, 0.6) is 0 Å². The molecular formula is C13H14ClN3O. The Morgan fingerprint density at radius 1 is 1.28 bits per heavy atom. The van der Waals surface area contributed by atoms with E-state index in [-0.39, 0.29) is 6.10 Å². The highest BCUT2D eigenvalue weighted by molar-refractivity contribution is 6.29. The van der Waals surface area contributed by atoms with Crippen molar-refractivity contribution in [3.05, 3.63) is 53.4 Å². The van der Waals surface area contributed by atoms with E-state index in [1.807, 2.05) is 30.3 Å². The Bertz CT molecular complexity index is 493. The predicted octanol–water partition coefficient (Wildman–Crippen LogP) is 2.93. The summed E-state index contributed by atoms with van der Waals surface area (Å²) in [6, 6.07) is 10.0. The second-order valence-corrected chi connectivity index (χ2v) is 4.13. The van der Waals surface area contributed by atoms with E-state index in [0.717, 1.165) is 5.56 Å². The highest BCUT2D eigenvalue weighted by atomic mass is 35.5. The lowest BCUT2D eigenvalue weighted by Crippen LogP contribution is -2.15. The van der Waals surface area contributed by atoms with Crippen molar-refractivity contribution in [2.75, 3.05) is 19.0 Å². The third kappa shape index (κ3) is 3.42. The average molecular weight is 264 g/mol. The van der Waals surface area contributed by atoms with Gasteiger partial charge in [-0.1, -0.05) is 41.9 Å². The summed E-state index contributed by atoms with van der Waals surface area (Å²) in [5.74, 6) is 0.639. The molecule has 1 aromatic heterocycles. The fourth-order valence-corrected chi connectivity index (χ4v) is 1.78. The van der Waals surface area contributed by atoms with Crippen molar-refractivity contribution in [3.63, 3.8) is 0 Å². The van der Waals surface area contributed by atoms with Crippen LogP contribution in [-0.4, -0.2) is 23.6 Å². The van der Waals surface area contributed by atoms with E-state index in [2.05, 4.69) is 15.3 Å². The molecule has 0 amide bonds. The first-order valence-electron chi connectivity index (χ1n) is 5.59. The van der Waals surface area contributed by atoms with Crippen LogP contribution in [0.2, 0.25) is 5.15 Å². The highest BCUT2D eigenvalue weighted by Gasteiger charge is 2.09. The van der Waals surface area contributed by atoms with Crippen LogP contribution in [0.25, 0.3) is 0 Å². The summed E-state index contributed by atoms with van der Waals surface area (Å²) in [7, 11) is 1.68. The molecule has 1 heterocycles. The number of halogens is 1. The van der Waals surface area contributed by atoms with E-state index < -0.39 is 0 Å². The largest absolute Gasteiger partial charge is 0.375 e. The quantitative estimate of drug-likeness (QED) is 0.901. The molecule has 0 aliphatic heterocycles.